The van der Waals surface area contributed by atoms with Gasteiger partial charge in [0.15, 0.2) is 0 Å². The number of pyridine rings is 1. The first-order chi connectivity index (χ1) is 12.1. The summed E-state index contributed by atoms with van der Waals surface area (Å²) in [6.45, 7) is 2.08. The summed E-state index contributed by atoms with van der Waals surface area (Å²) in [5.74, 6) is -1.34. The van der Waals surface area contributed by atoms with Crippen LogP contribution >= 0.6 is 11.3 Å². The van der Waals surface area contributed by atoms with Crippen molar-refractivity contribution in [1.29, 1.82) is 0 Å². The number of hydrogen-bond donors (Lipinski definition) is 1. The van der Waals surface area contributed by atoms with Gasteiger partial charge in [-0.2, -0.15) is 0 Å². The molecule has 4 rings (SSSR count). The lowest BCUT2D eigenvalue weighted by molar-refractivity contribution is 0.0703. The van der Waals surface area contributed by atoms with Gasteiger partial charge < -0.3 is 5.11 Å². The van der Waals surface area contributed by atoms with Gasteiger partial charge in [0.25, 0.3) is 0 Å². The van der Waals surface area contributed by atoms with Crippen LogP contribution in [0, 0.1) is 5.82 Å². The summed E-state index contributed by atoms with van der Waals surface area (Å²) >= 11 is 1.25. The van der Waals surface area contributed by atoms with Gasteiger partial charge in [0, 0.05) is 27.2 Å². The lowest BCUT2D eigenvalue weighted by atomic mass is 10.0. The summed E-state index contributed by atoms with van der Waals surface area (Å²) in [6, 6.07) is 12.0. The number of halogens is 1. The smallest absolute Gasteiger partial charge is 0.346 e. The van der Waals surface area contributed by atoms with Gasteiger partial charge in [-0.1, -0.05) is 25.1 Å². The van der Waals surface area contributed by atoms with Crippen LogP contribution in [0.15, 0.2) is 48.7 Å². The number of aromatic carboxylic acids is 1. The molecule has 0 spiro atoms. The Morgan fingerprint density at radius 3 is 2.60 bits per heavy atom. The number of hydrogen-bond acceptors (Lipinski definition) is 3. The van der Waals surface area contributed by atoms with Crippen molar-refractivity contribution in [3.05, 3.63) is 64.9 Å². The van der Waals surface area contributed by atoms with Crippen LogP contribution in [0.3, 0.4) is 0 Å². The third-order valence-corrected chi connectivity index (χ3v) is 5.55. The fourth-order valence-corrected chi connectivity index (χ4v) is 4.21. The maximum absolute atomic E-state index is 13.3. The predicted octanol–water partition coefficient (Wildman–Crippen LogP) is 5.52. The number of carboxylic acid groups (broad SMARTS) is 1. The van der Waals surface area contributed by atoms with Gasteiger partial charge in [0.2, 0.25) is 0 Å². The quantitative estimate of drug-likeness (QED) is 0.529. The summed E-state index contributed by atoms with van der Waals surface area (Å²) in [6.07, 6.45) is 2.61. The van der Waals surface area contributed by atoms with Crippen LogP contribution < -0.4 is 0 Å². The van der Waals surface area contributed by atoms with E-state index >= 15 is 0 Å². The Kier molecular flexibility index (Phi) is 3.73. The zero-order valence-electron chi connectivity index (χ0n) is 13.4. The number of carbonyl (C=O) groups is 1. The molecule has 0 amide bonds. The Bertz CT molecular complexity index is 1120. The first kappa shape index (κ1) is 15.7. The molecule has 2 aromatic carbocycles. The number of fused-ring (bicyclic) bond motifs is 3. The van der Waals surface area contributed by atoms with E-state index in [0.29, 0.717) is 11.1 Å². The SMILES string of the molecule is CCc1ccc2ncc3c(-c4ccc(F)cc4)c(C(=O)O)sc3c2c1. The monoisotopic (exact) mass is 351 g/mol. The Hall–Kier alpha value is -2.79. The standard InChI is InChI=1S/C20H14FNO2S/c1-2-11-3-8-16-14(9-11)18-15(10-22-16)17(19(25-18)20(23)24)12-4-6-13(21)7-5-12/h3-10H,2H2,1H3,(H,23,24). The van der Waals surface area contributed by atoms with E-state index in [-0.39, 0.29) is 10.7 Å². The van der Waals surface area contributed by atoms with Crippen molar-refractivity contribution in [1.82, 2.24) is 4.98 Å². The number of rotatable bonds is 3. The Balaban J connectivity index is 2.10. The van der Waals surface area contributed by atoms with E-state index in [0.717, 1.165) is 27.4 Å². The molecule has 1 N–H and O–H groups in total. The zero-order chi connectivity index (χ0) is 17.6. The second-order valence-corrected chi connectivity index (χ2v) is 6.84. The number of thiophene rings is 1. The minimum absolute atomic E-state index is 0.248. The van der Waals surface area contributed by atoms with Crippen molar-refractivity contribution in [2.24, 2.45) is 0 Å². The Morgan fingerprint density at radius 2 is 1.92 bits per heavy atom. The maximum Gasteiger partial charge on any atom is 0.346 e. The van der Waals surface area contributed by atoms with Gasteiger partial charge in [0.05, 0.1) is 5.52 Å². The molecule has 2 aromatic heterocycles. The van der Waals surface area contributed by atoms with Gasteiger partial charge in [-0.3, -0.25) is 4.98 Å². The normalized spacial score (nSPS) is 11.3. The number of aryl methyl sites for hydroxylation is 1. The van der Waals surface area contributed by atoms with Gasteiger partial charge in [-0.05, 0) is 41.8 Å². The molecule has 0 aliphatic rings. The second kappa shape index (κ2) is 5.93. The van der Waals surface area contributed by atoms with Crippen molar-refractivity contribution < 1.29 is 14.3 Å². The minimum Gasteiger partial charge on any atom is -0.477 e. The van der Waals surface area contributed by atoms with Crippen molar-refractivity contribution in [2.45, 2.75) is 13.3 Å². The number of carboxylic acids is 1. The topological polar surface area (TPSA) is 50.2 Å². The van der Waals surface area contributed by atoms with Crippen molar-refractivity contribution in [3.8, 4) is 11.1 Å². The van der Waals surface area contributed by atoms with Gasteiger partial charge in [-0.25, -0.2) is 9.18 Å². The fourth-order valence-electron chi connectivity index (χ4n) is 3.05. The molecule has 0 aliphatic heterocycles. The molecule has 0 atom stereocenters. The third-order valence-electron chi connectivity index (χ3n) is 4.32. The Morgan fingerprint density at radius 1 is 1.16 bits per heavy atom. The molecule has 2 heterocycles. The molecule has 0 unspecified atom stereocenters. The molecule has 5 heteroatoms. The highest BCUT2D eigenvalue weighted by Crippen LogP contribution is 2.41. The molecule has 0 saturated heterocycles. The molecule has 124 valence electrons. The van der Waals surface area contributed by atoms with Crippen LogP contribution in [-0.2, 0) is 6.42 Å². The minimum atomic E-state index is -0.986. The highest BCUT2D eigenvalue weighted by Gasteiger charge is 2.21. The summed E-state index contributed by atoms with van der Waals surface area (Å²) in [4.78, 5) is 16.6. The van der Waals surface area contributed by atoms with E-state index in [4.69, 9.17) is 0 Å². The molecule has 0 aliphatic carbocycles. The van der Waals surface area contributed by atoms with E-state index in [1.54, 1.807) is 18.3 Å². The first-order valence-corrected chi connectivity index (χ1v) is 8.73. The average Bonchev–Trinajstić information content (AvgIpc) is 3.02. The summed E-state index contributed by atoms with van der Waals surface area (Å²) < 4.78 is 14.2. The molecule has 0 bridgehead atoms. The fraction of sp³-hybridized carbons (Fsp3) is 0.100. The van der Waals surface area contributed by atoms with Gasteiger partial charge in [-0.15, -0.1) is 11.3 Å². The first-order valence-electron chi connectivity index (χ1n) is 7.92. The summed E-state index contributed by atoms with van der Waals surface area (Å²) in [5.41, 5.74) is 3.30. The maximum atomic E-state index is 13.3. The highest BCUT2D eigenvalue weighted by molar-refractivity contribution is 7.22. The largest absolute Gasteiger partial charge is 0.477 e. The number of nitrogens with zero attached hydrogens (tertiary/aromatic N) is 1. The van der Waals surface area contributed by atoms with E-state index in [9.17, 15) is 14.3 Å². The van der Waals surface area contributed by atoms with Crippen LogP contribution in [-0.4, -0.2) is 16.1 Å². The van der Waals surface area contributed by atoms with Gasteiger partial charge in [0.1, 0.15) is 10.7 Å². The zero-order valence-corrected chi connectivity index (χ0v) is 14.2. The molecular weight excluding hydrogens is 337 g/mol. The van der Waals surface area contributed by atoms with Crippen molar-refractivity contribution in [3.63, 3.8) is 0 Å². The summed E-state index contributed by atoms with van der Waals surface area (Å²) in [7, 11) is 0. The highest BCUT2D eigenvalue weighted by atomic mass is 32.1. The molecule has 25 heavy (non-hydrogen) atoms. The third kappa shape index (κ3) is 2.57. The van der Waals surface area contributed by atoms with Crippen molar-refractivity contribution >= 4 is 38.3 Å². The van der Waals surface area contributed by atoms with Crippen LogP contribution in [0.1, 0.15) is 22.2 Å². The van der Waals surface area contributed by atoms with Crippen LogP contribution in [0.5, 0.6) is 0 Å². The molecule has 0 radical (unpaired) electrons. The predicted molar refractivity (Wildman–Crippen MR) is 98.9 cm³/mol. The lowest BCUT2D eigenvalue weighted by Crippen LogP contribution is -1.94. The van der Waals surface area contributed by atoms with Crippen molar-refractivity contribution in [2.75, 3.05) is 0 Å². The van der Waals surface area contributed by atoms with E-state index in [2.05, 4.69) is 18.0 Å². The summed E-state index contributed by atoms with van der Waals surface area (Å²) in [5, 5.41) is 11.4. The van der Waals surface area contributed by atoms with Crippen LogP contribution in [0.4, 0.5) is 4.39 Å². The van der Waals surface area contributed by atoms with E-state index in [1.165, 1.54) is 29.0 Å². The number of benzene rings is 2. The Labute approximate surface area is 147 Å². The van der Waals surface area contributed by atoms with Gasteiger partial charge >= 0.3 is 5.97 Å². The molecule has 3 nitrogen and oxygen atoms in total. The van der Waals surface area contributed by atoms with Crippen LogP contribution in [0.2, 0.25) is 0 Å². The molecule has 0 fully saturated rings. The van der Waals surface area contributed by atoms with E-state index < -0.39 is 5.97 Å². The van der Waals surface area contributed by atoms with E-state index in [1.807, 2.05) is 12.1 Å². The number of aromatic nitrogens is 1. The molecule has 0 saturated carbocycles. The average molecular weight is 351 g/mol. The lowest BCUT2D eigenvalue weighted by Gasteiger charge is -2.04. The van der Waals surface area contributed by atoms with Crippen LogP contribution in [0.25, 0.3) is 32.1 Å². The molecular formula is C20H14FNO2S. The second-order valence-electron chi connectivity index (χ2n) is 5.82. The molecule has 4 aromatic rings.